The van der Waals surface area contributed by atoms with Crippen molar-refractivity contribution < 1.29 is 14.3 Å². The van der Waals surface area contributed by atoms with E-state index in [1.54, 1.807) is 43.6 Å². The van der Waals surface area contributed by atoms with E-state index >= 15 is 0 Å². The van der Waals surface area contributed by atoms with Crippen molar-refractivity contribution in [1.82, 2.24) is 4.98 Å². The molecule has 0 unspecified atom stereocenters. The van der Waals surface area contributed by atoms with Crippen LogP contribution in [0.4, 0.5) is 17.1 Å². The van der Waals surface area contributed by atoms with Crippen LogP contribution in [0.5, 0.6) is 11.5 Å². The summed E-state index contributed by atoms with van der Waals surface area (Å²) >= 11 is 6.16. The van der Waals surface area contributed by atoms with Gasteiger partial charge in [0, 0.05) is 12.3 Å². The number of para-hydroxylation sites is 1. The van der Waals surface area contributed by atoms with Crippen molar-refractivity contribution in [3.8, 4) is 11.5 Å². The second-order valence-corrected chi connectivity index (χ2v) is 5.99. The molecular formula is C20H18ClN3O3. The molecule has 1 amide bonds. The van der Waals surface area contributed by atoms with Crippen LogP contribution in [0.3, 0.4) is 0 Å². The number of methoxy groups -OCH3 is 2. The summed E-state index contributed by atoms with van der Waals surface area (Å²) < 4.78 is 10.5. The van der Waals surface area contributed by atoms with Crippen molar-refractivity contribution in [2.24, 2.45) is 0 Å². The number of ether oxygens (including phenoxy) is 2. The minimum Gasteiger partial charge on any atom is -0.497 e. The molecule has 0 fully saturated rings. The normalized spacial score (nSPS) is 10.2. The number of nitrogens with one attached hydrogen (secondary N) is 2. The first-order valence-electron chi connectivity index (χ1n) is 8.10. The Morgan fingerprint density at radius 3 is 2.56 bits per heavy atom. The molecule has 3 rings (SSSR count). The van der Waals surface area contributed by atoms with Gasteiger partial charge in [0.1, 0.15) is 11.5 Å². The zero-order valence-corrected chi connectivity index (χ0v) is 15.6. The Bertz CT molecular complexity index is 963. The number of rotatable bonds is 6. The SMILES string of the molecule is COc1ccc(OC)c(NC(=O)c2cncc(Nc3ccccc3Cl)c2)c1. The molecule has 2 N–H and O–H groups in total. The van der Waals surface area contributed by atoms with Gasteiger partial charge >= 0.3 is 0 Å². The van der Waals surface area contributed by atoms with Gasteiger partial charge in [-0.25, -0.2) is 0 Å². The van der Waals surface area contributed by atoms with Gasteiger partial charge in [-0.2, -0.15) is 0 Å². The van der Waals surface area contributed by atoms with Gasteiger partial charge in [0.25, 0.3) is 5.91 Å². The number of carbonyl (C=O) groups is 1. The Kier molecular flexibility index (Phi) is 5.78. The van der Waals surface area contributed by atoms with E-state index in [9.17, 15) is 4.79 Å². The van der Waals surface area contributed by atoms with E-state index in [1.165, 1.54) is 13.3 Å². The molecule has 0 atom stereocenters. The van der Waals surface area contributed by atoms with Gasteiger partial charge in [-0.1, -0.05) is 23.7 Å². The number of aromatic nitrogens is 1. The molecule has 0 saturated carbocycles. The zero-order valence-electron chi connectivity index (χ0n) is 14.8. The highest BCUT2D eigenvalue weighted by Gasteiger charge is 2.12. The van der Waals surface area contributed by atoms with E-state index in [0.29, 0.717) is 33.5 Å². The van der Waals surface area contributed by atoms with Gasteiger partial charge in [-0.05, 0) is 30.3 Å². The summed E-state index contributed by atoms with van der Waals surface area (Å²) in [5.41, 5.74) is 2.27. The molecule has 1 heterocycles. The molecule has 0 radical (unpaired) electrons. The lowest BCUT2D eigenvalue weighted by Gasteiger charge is -2.12. The lowest BCUT2D eigenvalue weighted by molar-refractivity contribution is 0.102. The van der Waals surface area contributed by atoms with Crippen LogP contribution in [0, 0.1) is 0 Å². The van der Waals surface area contributed by atoms with Crippen LogP contribution in [0.15, 0.2) is 60.9 Å². The number of hydrogen-bond acceptors (Lipinski definition) is 5. The van der Waals surface area contributed by atoms with Crippen LogP contribution < -0.4 is 20.1 Å². The number of pyridine rings is 1. The van der Waals surface area contributed by atoms with E-state index in [0.717, 1.165) is 5.69 Å². The summed E-state index contributed by atoms with van der Waals surface area (Å²) in [5.74, 6) is 0.817. The van der Waals surface area contributed by atoms with Crippen molar-refractivity contribution in [2.75, 3.05) is 24.9 Å². The van der Waals surface area contributed by atoms with Crippen molar-refractivity contribution in [2.45, 2.75) is 0 Å². The van der Waals surface area contributed by atoms with Crippen LogP contribution in [0.1, 0.15) is 10.4 Å². The first-order valence-corrected chi connectivity index (χ1v) is 8.48. The molecule has 0 saturated heterocycles. The predicted octanol–water partition coefficient (Wildman–Crippen LogP) is 4.75. The summed E-state index contributed by atoms with van der Waals surface area (Å²) in [7, 11) is 3.09. The number of anilines is 3. The fourth-order valence-corrected chi connectivity index (χ4v) is 2.64. The van der Waals surface area contributed by atoms with Gasteiger partial charge in [-0.3, -0.25) is 9.78 Å². The van der Waals surface area contributed by atoms with E-state index in [1.807, 2.05) is 18.2 Å². The summed E-state index contributed by atoms with van der Waals surface area (Å²) in [6, 6.07) is 14.2. The lowest BCUT2D eigenvalue weighted by Crippen LogP contribution is -2.13. The Labute approximate surface area is 162 Å². The van der Waals surface area contributed by atoms with E-state index in [4.69, 9.17) is 21.1 Å². The number of benzene rings is 2. The fourth-order valence-electron chi connectivity index (χ4n) is 2.46. The summed E-state index contributed by atoms with van der Waals surface area (Å²) in [4.78, 5) is 16.8. The monoisotopic (exact) mass is 383 g/mol. The van der Waals surface area contributed by atoms with Gasteiger partial charge < -0.3 is 20.1 Å². The largest absolute Gasteiger partial charge is 0.497 e. The summed E-state index contributed by atoms with van der Waals surface area (Å²) in [6.45, 7) is 0. The third-order valence-electron chi connectivity index (χ3n) is 3.81. The standard InChI is InChI=1S/C20H18ClN3O3/c1-26-15-7-8-19(27-2)18(10-15)24-20(25)13-9-14(12-22-11-13)23-17-6-4-3-5-16(17)21/h3-12,23H,1-2H3,(H,24,25). The van der Waals surface area contributed by atoms with Crippen molar-refractivity contribution >= 4 is 34.6 Å². The smallest absolute Gasteiger partial charge is 0.257 e. The minimum absolute atomic E-state index is 0.322. The number of hydrogen-bond donors (Lipinski definition) is 2. The molecule has 0 bridgehead atoms. The van der Waals surface area contributed by atoms with Crippen LogP contribution in [0.25, 0.3) is 0 Å². The van der Waals surface area contributed by atoms with Crippen molar-refractivity contribution in [1.29, 1.82) is 0 Å². The highest BCUT2D eigenvalue weighted by molar-refractivity contribution is 6.33. The van der Waals surface area contributed by atoms with Crippen LogP contribution in [-0.2, 0) is 0 Å². The molecule has 138 valence electrons. The number of carbonyl (C=O) groups excluding carboxylic acids is 1. The van der Waals surface area contributed by atoms with Gasteiger partial charge in [0.15, 0.2) is 0 Å². The number of halogens is 1. The van der Waals surface area contributed by atoms with E-state index in [2.05, 4.69) is 15.6 Å². The van der Waals surface area contributed by atoms with Crippen molar-refractivity contribution in [3.63, 3.8) is 0 Å². The molecule has 1 aromatic heterocycles. The molecule has 0 aliphatic heterocycles. The third kappa shape index (κ3) is 4.48. The number of nitrogens with zero attached hydrogens (tertiary/aromatic N) is 1. The molecule has 7 heteroatoms. The highest BCUT2D eigenvalue weighted by atomic mass is 35.5. The maximum absolute atomic E-state index is 12.7. The number of amides is 1. The summed E-state index contributed by atoms with van der Waals surface area (Å²) in [5, 5.41) is 6.55. The molecule has 6 nitrogen and oxygen atoms in total. The van der Waals surface area contributed by atoms with Gasteiger partial charge in [0.2, 0.25) is 0 Å². The molecule has 2 aromatic carbocycles. The quantitative estimate of drug-likeness (QED) is 0.642. The third-order valence-corrected chi connectivity index (χ3v) is 4.14. The van der Waals surface area contributed by atoms with Gasteiger partial charge in [0.05, 0.1) is 48.1 Å². The first-order chi connectivity index (χ1) is 13.1. The van der Waals surface area contributed by atoms with Crippen LogP contribution in [0.2, 0.25) is 5.02 Å². The summed E-state index contributed by atoms with van der Waals surface area (Å²) in [6.07, 6.45) is 3.10. The molecular weight excluding hydrogens is 366 g/mol. The van der Waals surface area contributed by atoms with E-state index < -0.39 is 0 Å². The van der Waals surface area contributed by atoms with Crippen LogP contribution >= 0.6 is 11.6 Å². The predicted molar refractivity (Wildman–Crippen MR) is 106 cm³/mol. The maximum Gasteiger partial charge on any atom is 0.257 e. The highest BCUT2D eigenvalue weighted by Crippen LogP contribution is 2.30. The first kappa shape index (κ1) is 18.5. The minimum atomic E-state index is -0.322. The fraction of sp³-hybridized carbons (Fsp3) is 0.100. The van der Waals surface area contributed by atoms with Crippen molar-refractivity contribution in [3.05, 3.63) is 71.5 Å². The molecule has 0 spiro atoms. The molecule has 0 aliphatic rings. The Hall–Kier alpha value is -3.25. The Morgan fingerprint density at radius 2 is 1.81 bits per heavy atom. The maximum atomic E-state index is 12.7. The molecule has 0 aliphatic carbocycles. The van der Waals surface area contributed by atoms with E-state index in [-0.39, 0.29) is 5.91 Å². The molecule has 27 heavy (non-hydrogen) atoms. The Balaban J connectivity index is 1.81. The molecule has 3 aromatic rings. The average Bonchev–Trinajstić information content (AvgIpc) is 2.70. The van der Waals surface area contributed by atoms with Crippen LogP contribution in [-0.4, -0.2) is 25.1 Å². The second kappa shape index (κ2) is 8.42. The zero-order chi connectivity index (χ0) is 19.2. The average molecular weight is 384 g/mol. The van der Waals surface area contributed by atoms with Gasteiger partial charge in [-0.15, -0.1) is 0 Å². The second-order valence-electron chi connectivity index (χ2n) is 5.59. The lowest BCUT2D eigenvalue weighted by atomic mass is 10.2. The Morgan fingerprint density at radius 1 is 1.00 bits per heavy atom. The topological polar surface area (TPSA) is 72.5 Å².